The van der Waals surface area contributed by atoms with Crippen LogP contribution in [0.3, 0.4) is 0 Å². The predicted molar refractivity (Wildman–Crippen MR) is 147 cm³/mol. The lowest BCUT2D eigenvalue weighted by Crippen LogP contribution is -2.63. The number of para-hydroxylation sites is 1. The molecule has 0 N–H and O–H groups in total. The van der Waals surface area contributed by atoms with Crippen molar-refractivity contribution >= 4 is 27.6 Å². The van der Waals surface area contributed by atoms with Crippen LogP contribution >= 0.6 is 0 Å². The van der Waals surface area contributed by atoms with E-state index in [1.54, 1.807) is 23.9 Å². The molecule has 194 valence electrons. The van der Waals surface area contributed by atoms with Crippen molar-refractivity contribution in [2.75, 3.05) is 25.7 Å². The zero-order valence-corrected chi connectivity index (χ0v) is 22.0. The quantitative estimate of drug-likeness (QED) is 0.377. The number of hydrogen-bond donors (Lipinski definition) is 0. The maximum atomic E-state index is 13.3. The molecule has 0 spiro atoms. The highest BCUT2D eigenvalue weighted by Gasteiger charge is 2.52. The van der Waals surface area contributed by atoms with Crippen LogP contribution in [0.1, 0.15) is 43.2 Å². The van der Waals surface area contributed by atoms with Gasteiger partial charge in [-0.3, -0.25) is 9.78 Å². The molecule has 0 amide bonds. The number of likely N-dealkylation sites (N-methyl/N-ethyl adjacent to an activating group) is 1. The summed E-state index contributed by atoms with van der Waals surface area (Å²) in [4.78, 5) is 24.5. The van der Waals surface area contributed by atoms with Crippen LogP contribution in [0.4, 0.5) is 5.69 Å². The first-order valence-corrected chi connectivity index (χ1v) is 13.1. The third kappa shape index (κ3) is 3.81. The highest BCUT2D eigenvalue weighted by molar-refractivity contribution is 5.82. The molecule has 5 heterocycles. The molecule has 1 aromatic carbocycles. The van der Waals surface area contributed by atoms with Gasteiger partial charge in [0.2, 0.25) is 5.88 Å². The van der Waals surface area contributed by atoms with Gasteiger partial charge in [0.05, 0.1) is 47.0 Å². The Bertz CT molecular complexity index is 1630. The van der Waals surface area contributed by atoms with Gasteiger partial charge in [-0.05, 0) is 62.3 Å². The number of rotatable bonds is 6. The molecule has 1 aliphatic carbocycles. The average molecular weight is 510 g/mol. The second-order valence-corrected chi connectivity index (χ2v) is 10.7. The van der Waals surface area contributed by atoms with Gasteiger partial charge in [-0.15, -0.1) is 0 Å². The first-order valence-electron chi connectivity index (χ1n) is 13.1. The summed E-state index contributed by atoms with van der Waals surface area (Å²) < 4.78 is 13.7. The molecule has 0 atom stereocenters. The number of ether oxygens (including phenoxy) is 2. The van der Waals surface area contributed by atoms with Crippen molar-refractivity contribution in [1.29, 1.82) is 5.26 Å². The second-order valence-electron chi connectivity index (χ2n) is 10.7. The molecule has 7 rings (SSSR count). The number of anilines is 1. The van der Waals surface area contributed by atoms with Gasteiger partial charge in [-0.25, -0.2) is 4.98 Å². The first kappa shape index (κ1) is 24.4. The molecule has 3 aliphatic rings. The number of hydrogen-bond acceptors (Lipinski definition) is 7. The summed E-state index contributed by atoms with van der Waals surface area (Å²) in [7, 11) is 5.46. The van der Waals surface area contributed by atoms with E-state index >= 15 is 0 Å². The number of benzene rings is 1. The average Bonchev–Trinajstić information content (AvgIpc) is 2.98. The number of pyridine rings is 3. The topological polar surface area (TPSA) is 93.3 Å². The van der Waals surface area contributed by atoms with Gasteiger partial charge in [0.1, 0.15) is 11.8 Å². The number of nitriles is 1. The van der Waals surface area contributed by atoms with Crippen molar-refractivity contribution in [3.05, 3.63) is 70.1 Å². The smallest absolute Gasteiger partial charge is 0.274 e. The van der Waals surface area contributed by atoms with Crippen molar-refractivity contribution in [2.24, 2.45) is 7.05 Å². The molecule has 8 heteroatoms. The van der Waals surface area contributed by atoms with E-state index in [0.29, 0.717) is 35.7 Å². The van der Waals surface area contributed by atoms with Crippen LogP contribution in [0.25, 0.3) is 21.9 Å². The summed E-state index contributed by atoms with van der Waals surface area (Å²) in [6, 6.07) is 16.0. The van der Waals surface area contributed by atoms with Crippen LogP contribution in [-0.2, 0) is 18.2 Å². The van der Waals surface area contributed by atoms with Crippen molar-refractivity contribution in [3.63, 3.8) is 0 Å². The SMILES string of the molecule is COc1ccc2ncc(C#N)c(CCC34CCC(N(C)c5cc6ccccc6n(C)c5=O)(CC3)CO4)c2n1. The van der Waals surface area contributed by atoms with Crippen LogP contribution in [0, 0.1) is 11.3 Å². The molecular weight excluding hydrogens is 478 g/mol. The summed E-state index contributed by atoms with van der Waals surface area (Å²) in [6.07, 6.45) is 6.84. The molecule has 3 aromatic heterocycles. The minimum atomic E-state index is -0.238. The fourth-order valence-corrected chi connectivity index (χ4v) is 6.32. The van der Waals surface area contributed by atoms with Gasteiger partial charge in [0.15, 0.2) is 0 Å². The monoisotopic (exact) mass is 509 g/mol. The lowest BCUT2D eigenvalue weighted by molar-refractivity contribution is -0.156. The highest BCUT2D eigenvalue weighted by atomic mass is 16.5. The van der Waals surface area contributed by atoms with Gasteiger partial charge >= 0.3 is 0 Å². The van der Waals surface area contributed by atoms with E-state index in [0.717, 1.165) is 54.1 Å². The van der Waals surface area contributed by atoms with E-state index in [-0.39, 0.29) is 16.7 Å². The van der Waals surface area contributed by atoms with E-state index in [4.69, 9.17) is 9.47 Å². The Hall–Kier alpha value is -3.96. The maximum Gasteiger partial charge on any atom is 0.274 e. The van der Waals surface area contributed by atoms with Crippen molar-refractivity contribution in [2.45, 2.75) is 49.7 Å². The van der Waals surface area contributed by atoms with E-state index in [9.17, 15) is 10.1 Å². The lowest BCUT2D eigenvalue weighted by atomic mass is 9.68. The molecule has 2 saturated heterocycles. The highest BCUT2D eigenvalue weighted by Crippen LogP contribution is 2.49. The molecule has 0 radical (unpaired) electrons. The zero-order chi connectivity index (χ0) is 26.5. The normalized spacial score (nSPS) is 22.5. The number of methoxy groups -OCH3 is 1. The van der Waals surface area contributed by atoms with E-state index in [1.165, 1.54) is 0 Å². The van der Waals surface area contributed by atoms with Crippen molar-refractivity contribution in [3.8, 4) is 11.9 Å². The summed E-state index contributed by atoms with van der Waals surface area (Å²) in [5.41, 5.74) is 4.13. The molecule has 2 bridgehead atoms. The van der Waals surface area contributed by atoms with Gasteiger partial charge in [0.25, 0.3) is 5.56 Å². The largest absolute Gasteiger partial charge is 0.481 e. The summed E-state index contributed by atoms with van der Waals surface area (Å²) in [6.45, 7) is 0.577. The molecule has 3 fully saturated rings. The van der Waals surface area contributed by atoms with Crippen molar-refractivity contribution in [1.82, 2.24) is 14.5 Å². The van der Waals surface area contributed by atoms with Crippen LogP contribution in [0.2, 0.25) is 0 Å². The van der Waals surface area contributed by atoms with E-state index < -0.39 is 0 Å². The zero-order valence-electron chi connectivity index (χ0n) is 22.0. The molecule has 4 aromatic rings. The molecule has 8 nitrogen and oxygen atoms in total. The fourth-order valence-electron chi connectivity index (χ4n) is 6.32. The van der Waals surface area contributed by atoms with Gasteiger partial charge in [-0.1, -0.05) is 18.2 Å². The third-order valence-electron chi connectivity index (χ3n) is 8.88. The third-order valence-corrected chi connectivity index (χ3v) is 8.88. The Kier molecular flexibility index (Phi) is 5.84. The van der Waals surface area contributed by atoms with Crippen LogP contribution < -0.4 is 15.2 Å². The Morgan fingerprint density at radius 2 is 1.97 bits per heavy atom. The van der Waals surface area contributed by atoms with E-state index in [1.807, 2.05) is 44.4 Å². The minimum absolute atomic E-state index is 0.0134. The van der Waals surface area contributed by atoms with Gasteiger partial charge < -0.3 is 18.9 Å². The summed E-state index contributed by atoms with van der Waals surface area (Å²) in [5.74, 6) is 0.507. The van der Waals surface area contributed by atoms with E-state index in [2.05, 4.69) is 27.0 Å². The number of aryl methyl sites for hydroxylation is 2. The Labute approximate surface area is 221 Å². The Morgan fingerprint density at radius 3 is 2.68 bits per heavy atom. The number of aromatic nitrogens is 3. The van der Waals surface area contributed by atoms with Gasteiger partial charge in [0, 0.05) is 31.7 Å². The van der Waals surface area contributed by atoms with Crippen LogP contribution in [0.15, 0.2) is 53.5 Å². The molecule has 38 heavy (non-hydrogen) atoms. The summed E-state index contributed by atoms with van der Waals surface area (Å²) >= 11 is 0. The van der Waals surface area contributed by atoms with Crippen LogP contribution in [0.5, 0.6) is 5.88 Å². The Balaban J connectivity index is 1.24. The molecule has 0 unspecified atom stereocenters. The standard InChI is InChI=1S/C30H31N5O3/c1-34-24-7-5-4-6-20(24)16-25(28(34)36)35(2)29-12-14-30(15-13-29,38-19-29)11-10-22-21(17-31)18-32-23-8-9-26(37-3)33-27(22)23/h4-9,16,18H,10-15,19H2,1-3H3. The second kappa shape index (κ2) is 9.10. The fraction of sp³-hybridized carbons (Fsp3) is 0.400. The first-order chi connectivity index (χ1) is 18.4. The van der Waals surface area contributed by atoms with Crippen LogP contribution in [-0.4, -0.2) is 46.4 Å². The Morgan fingerprint density at radius 1 is 1.18 bits per heavy atom. The number of fused-ring (bicyclic) bond motifs is 5. The van der Waals surface area contributed by atoms with Gasteiger partial charge in [-0.2, -0.15) is 5.26 Å². The minimum Gasteiger partial charge on any atom is -0.481 e. The molecular formula is C30H31N5O3. The lowest BCUT2D eigenvalue weighted by Gasteiger charge is -2.57. The molecule has 2 aliphatic heterocycles. The molecule has 1 saturated carbocycles. The maximum absolute atomic E-state index is 13.3. The van der Waals surface area contributed by atoms with Crippen molar-refractivity contribution < 1.29 is 9.47 Å². The predicted octanol–water partition coefficient (Wildman–Crippen LogP) is 4.51. The number of nitrogens with zero attached hydrogens (tertiary/aromatic N) is 5. The summed E-state index contributed by atoms with van der Waals surface area (Å²) in [5, 5.41) is 10.8.